The highest BCUT2D eigenvalue weighted by atomic mass is 16.5. The van der Waals surface area contributed by atoms with E-state index < -0.39 is 0 Å². The SMILES string of the molecule is Cc1nnc2n1CC1CCC(C2)N1Cc1ccc2c(c1)CCO2. The van der Waals surface area contributed by atoms with Crippen molar-refractivity contribution in [3.63, 3.8) is 0 Å². The smallest absolute Gasteiger partial charge is 0.134 e. The van der Waals surface area contributed by atoms with Crippen molar-refractivity contribution >= 4 is 0 Å². The zero-order valence-electron chi connectivity index (χ0n) is 13.5. The molecule has 1 aromatic carbocycles. The second-order valence-electron chi connectivity index (χ2n) is 7.08. The largest absolute Gasteiger partial charge is 0.493 e. The molecule has 3 aliphatic rings. The highest BCUT2D eigenvalue weighted by Gasteiger charge is 2.38. The first kappa shape index (κ1) is 13.5. The Hall–Kier alpha value is -1.88. The summed E-state index contributed by atoms with van der Waals surface area (Å²) in [6.07, 6.45) is 4.65. The van der Waals surface area contributed by atoms with E-state index in [4.69, 9.17) is 4.74 Å². The Labute approximate surface area is 136 Å². The van der Waals surface area contributed by atoms with Crippen LogP contribution in [0.15, 0.2) is 18.2 Å². The fourth-order valence-corrected chi connectivity index (χ4v) is 4.47. The molecule has 0 aliphatic carbocycles. The molecule has 2 atom stereocenters. The van der Waals surface area contributed by atoms with Crippen LogP contribution in [0.3, 0.4) is 0 Å². The molecule has 1 aromatic heterocycles. The number of nitrogens with zero attached hydrogens (tertiary/aromatic N) is 4. The maximum atomic E-state index is 5.63. The molecule has 1 saturated heterocycles. The summed E-state index contributed by atoms with van der Waals surface area (Å²) in [5.74, 6) is 3.30. The molecule has 0 N–H and O–H groups in total. The van der Waals surface area contributed by atoms with Gasteiger partial charge >= 0.3 is 0 Å². The Bertz CT molecular complexity index is 753. The van der Waals surface area contributed by atoms with Crippen LogP contribution in [0.5, 0.6) is 5.75 Å². The Morgan fingerprint density at radius 3 is 3.09 bits per heavy atom. The lowest BCUT2D eigenvalue weighted by Crippen LogP contribution is -2.36. The van der Waals surface area contributed by atoms with Gasteiger partial charge in [0.05, 0.1) is 6.61 Å². The second kappa shape index (κ2) is 5.06. The first-order valence-electron chi connectivity index (χ1n) is 8.67. The van der Waals surface area contributed by atoms with Crippen LogP contribution in [0.25, 0.3) is 0 Å². The van der Waals surface area contributed by atoms with Crippen molar-refractivity contribution in [3.8, 4) is 5.75 Å². The molecule has 23 heavy (non-hydrogen) atoms. The summed E-state index contributed by atoms with van der Waals surface area (Å²) in [7, 11) is 0. The summed E-state index contributed by atoms with van der Waals surface area (Å²) in [5.41, 5.74) is 2.79. The van der Waals surface area contributed by atoms with Crippen LogP contribution in [-0.4, -0.2) is 38.4 Å². The molecule has 0 spiro atoms. The van der Waals surface area contributed by atoms with E-state index in [1.165, 1.54) is 29.8 Å². The fraction of sp³-hybridized carbons (Fsp3) is 0.556. The van der Waals surface area contributed by atoms with E-state index >= 15 is 0 Å². The summed E-state index contributed by atoms with van der Waals surface area (Å²) >= 11 is 0. The van der Waals surface area contributed by atoms with Gasteiger partial charge in [0.25, 0.3) is 0 Å². The van der Waals surface area contributed by atoms with Gasteiger partial charge in [0.2, 0.25) is 0 Å². The van der Waals surface area contributed by atoms with Crippen molar-refractivity contribution in [1.29, 1.82) is 0 Å². The van der Waals surface area contributed by atoms with E-state index in [0.29, 0.717) is 12.1 Å². The van der Waals surface area contributed by atoms with Crippen molar-refractivity contribution in [1.82, 2.24) is 19.7 Å². The minimum atomic E-state index is 0.606. The van der Waals surface area contributed by atoms with Crippen LogP contribution in [-0.2, 0) is 25.9 Å². The van der Waals surface area contributed by atoms with Crippen molar-refractivity contribution < 1.29 is 4.74 Å². The van der Waals surface area contributed by atoms with Gasteiger partial charge < -0.3 is 9.30 Å². The number of hydrogen-bond acceptors (Lipinski definition) is 4. The maximum Gasteiger partial charge on any atom is 0.134 e. The molecule has 2 aromatic rings. The van der Waals surface area contributed by atoms with Crippen molar-refractivity contribution in [2.24, 2.45) is 0 Å². The molecular formula is C18H22N4O. The van der Waals surface area contributed by atoms with Crippen molar-refractivity contribution in [2.45, 2.75) is 57.8 Å². The van der Waals surface area contributed by atoms with Crippen LogP contribution >= 0.6 is 0 Å². The summed E-state index contributed by atoms with van der Waals surface area (Å²) < 4.78 is 7.96. The second-order valence-corrected chi connectivity index (χ2v) is 7.08. The van der Waals surface area contributed by atoms with Crippen LogP contribution < -0.4 is 4.74 Å². The van der Waals surface area contributed by atoms with Crippen molar-refractivity contribution in [3.05, 3.63) is 41.0 Å². The van der Waals surface area contributed by atoms with E-state index in [1.807, 2.05) is 0 Å². The molecule has 5 nitrogen and oxygen atoms in total. The van der Waals surface area contributed by atoms with E-state index in [0.717, 1.165) is 44.1 Å². The van der Waals surface area contributed by atoms with Gasteiger partial charge in [0.1, 0.15) is 17.4 Å². The molecular weight excluding hydrogens is 288 g/mol. The molecule has 2 bridgehead atoms. The number of aryl methyl sites for hydroxylation is 1. The Morgan fingerprint density at radius 1 is 1.22 bits per heavy atom. The lowest BCUT2D eigenvalue weighted by molar-refractivity contribution is 0.180. The minimum absolute atomic E-state index is 0.606. The number of aromatic nitrogens is 3. The van der Waals surface area contributed by atoms with Gasteiger partial charge in [-0.25, -0.2) is 0 Å². The third-order valence-corrected chi connectivity index (χ3v) is 5.71. The number of benzene rings is 1. The normalized spacial score (nSPS) is 25.8. The monoisotopic (exact) mass is 310 g/mol. The topological polar surface area (TPSA) is 43.2 Å². The van der Waals surface area contributed by atoms with Crippen LogP contribution in [0, 0.1) is 6.92 Å². The van der Waals surface area contributed by atoms with E-state index in [2.05, 4.69) is 44.8 Å². The van der Waals surface area contributed by atoms with Crippen LogP contribution in [0.2, 0.25) is 0 Å². The number of ether oxygens (including phenoxy) is 1. The highest BCUT2D eigenvalue weighted by molar-refractivity contribution is 5.39. The lowest BCUT2D eigenvalue weighted by atomic mass is 10.1. The number of rotatable bonds is 2. The summed E-state index contributed by atoms with van der Waals surface area (Å²) in [6, 6.07) is 7.95. The van der Waals surface area contributed by atoms with Gasteiger partial charge in [0.15, 0.2) is 0 Å². The summed E-state index contributed by atoms with van der Waals surface area (Å²) in [5, 5.41) is 8.66. The Morgan fingerprint density at radius 2 is 2.13 bits per heavy atom. The Kier molecular flexibility index (Phi) is 2.98. The van der Waals surface area contributed by atoms with Gasteiger partial charge in [-0.15, -0.1) is 10.2 Å². The number of fused-ring (bicyclic) bond motifs is 4. The van der Waals surface area contributed by atoms with Crippen molar-refractivity contribution in [2.75, 3.05) is 6.61 Å². The predicted octanol–water partition coefficient (Wildman–Crippen LogP) is 2.11. The molecule has 0 saturated carbocycles. The molecule has 1 fully saturated rings. The standard InChI is InChI=1S/C18H22N4O/c1-12-19-20-18-9-15-3-4-16(11-21(12)18)22(15)10-13-2-5-17-14(8-13)6-7-23-17/h2,5,8,15-16H,3-4,6-7,9-11H2,1H3. The molecule has 2 unspecified atom stereocenters. The average Bonchev–Trinajstić information content (AvgIpc) is 3.19. The first-order valence-corrected chi connectivity index (χ1v) is 8.67. The third kappa shape index (κ3) is 2.17. The van der Waals surface area contributed by atoms with Crippen LogP contribution in [0.1, 0.15) is 35.6 Å². The quantitative estimate of drug-likeness (QED) is 0.852. The van der Waals surface area contributed by atoms with Crippen LogP contribution in [0.4, 0.5) is 0 Å². The van der Waals surface area contributed by atoms with Gasteiger partial charge in [-0.05, 0) is 37.0 Å². The molecule has 5 heteroatoms. The molecule has 0 radical (unpaired) electrons. The zero-order chi connectivity index (χ0) is 15.4. The first-order chi connectivity index (χ1) is 11.3. The average molecular weight is 310 g/mol. The van der Waals surface area contributed by atoms with Gasteiger partial charge in [-0.3, -0.25) is 4.90 Å². The molecule has 0 amide bonds. The van der Waals surface area contributed by atoms with E-state index in [-0.39, 0.29) is 0 Å². The minimum Gasteiger partial charge on any atom is -0.493 e. The maximum absolute atomic E-state index is 5.63. The van der Waals surface area contributed by atoms with Gasteiger partial charge in [-0.1, -0.05) is 12.1 Å². The molecule has 3 aliphatic heterocycles. The Balaban J connectivity index is 1.41. The predicted molar refractivity (Wildman–Crippen MR) is 86.5 cm³/mol. The summed E-state index contributed by atoms with van der Waals surface area (Å²) in [4.78, 5) is 2.70. The third-order valence-electron chi connectivity index (χ3n) is 5.71. The zero-order valence-corrected chi connectivity index (χ0v) is 13.5. The molecule has 5 rings (SSSR count). The summed E-state index contributed by atoms with van der Waals surface area (Å²) in [6.45, 7) is 4.99. The highest BCUT2D eigenvalue weighted by Crippen LogP contribution is 2.34. The molecule has 120 valence electrons. The fourth-order valence-electron chi connectivity index (χ4n) is 4.47. The van der Waals surface area contributed by atoms with E-state index in [9.17, 15) is 0 Å². The number of hydrogen-bond donors (Lipinski definition) is 0. The van der Waals surface area contributed by atoms with E-state index in [1.54, 1.807) is 0 Å². The lowest BCUT2D eigenvalue weighted by Gasteiger charge is -2.28. The van der Waals surface area contributed by atoms with Gasteiger partial charge in [0, 0.05) is 38.0 Å². The molecule has 4 heterocycles. The van der Waals surface area contributed by atoms with Gasteiger partial charge in [-0.2, -0.15) is 0 Å².